The maximum atomic E-state index is 14.7. The maximum absolute atomic E-state index is 14.7. The van der Waals surface area contributed by atoms with E-state index >= 15 is 0 Å². The molecule has 0 spiro atoms. The molecule has 0 bridgehead atoms. The topological polar surface area (TPSA) is 243 Å². The van der Waals surface area contributed by atoms with Gasteiger partial charge in [-0.1, -0.05) is 89.1 Å². The number of piperidine rings is 1. The molecule has 4 N–H and O–H groups in total. The summed E-state index contributed by atoms with van der Waals surface area (Å²) in [5.74, 6) is -0.0982. The molecule has 3 heterocycles. The van der Waals surface area contributed by atoms with Crippen LogP contribution in [0.25, 0.3) is 10.4 Å². The third kappa shape index (κ3) is 17.9. The van der Waals surface area contributed by atoms with Gasteiger partial charge in [0, 0.05) is 38.0 Å². The van der Waals surface area contributed by atoms with Gasteiger partial charge in [0.2, 0.25) is 29.4 Å². The van der Waals surface area contributed by atoms with E-state index in [1.807, 2.05) is 102 Å². The Kier molecular flexibility index (Phi) is 25.1. The molecule has 482 valence electrons. The summed E-state index contributed by atoms with van der Waals surface area (Å²) in [5.41, 5.74) is 6.11. The number of hydrogen-bond acceptors (Lipinski definition) is 16. The second kappa shape index (κ2) is 32.5. The van der Waals surface area contributed by atoms with Gasteiger partial charge in [-0.3, -0.25) is 24.0 Å². The van der Waals surface area contributed by atoms with E-state index in [0.717, 1.165) is 46.5 Å². The first-order valence-corrected chi connectivity index (χ1v) is 31.7. The molecule has 1 aromatic heterocycles. The zero-order valence-electron chi connectivity index (χ0n) is 53.4. The van der Waals surface area contributed by atoms with Crippen LogP contribution in [0.1, 0.15) is 151 Å². The van der Waals surface area contributed by atoms with Crippen LogP contribution in [0.5, 0.6) is 34.5 Å². The van der Waals surface area contributed by atoms with Crippen LogP contribution >= 0.6 is 11.3 Å². The minimum Gasteiger partial charge on any atom is -0.493 e. The van der Waals surface area contributed by atoms with Crippen molar-refractivity contribution in [1.29, 1.82) is 0 Å². The fourth-order valence-electron chi connectivity index (χ4n) is 11.6. The third-order valence-corrected chi connectivity index (χ3v) is 17.6. The average molecular weight is 1250 g/mol. The fourth-order valence-corrected chi connectivity index (χ4v) is 12.5. The molecule has 0 unspecified atom stereocenters. The molecule has 20 nitrogen and oxygen atoms in total. The van der Waals surface area contributed by atoms with Gasteiger partial charge in [0.05, 0.1) is 69.7 Å². The molecule has 2 aliphatic rings. The number of unbranched alkanes of at least 4 members (excludes halogenated alkanes) is 3. The van der Waals surface area contributed by atoms with Gasteiger partial charge >= 0.3 is 5.97 Å². The molecule has 2 aliphatic heterocycles. The van der Waals surface area contributed by atoms with Gasteiger partial charge in [-0.15, -0.1) is 11.3 Å². The monoisotopic (exact) mass is 1250 g/mol. The van der Waals surface area contributed by atoms with Crippen LogP contribution in [-0.4, -0.2) is 141 Å². The number of para-hydroxylation sites is 1. The molecule has 0 saturated carbocycles. The van der Waals surface area contributed by atoms with Gasteiger partial charge in [0.15, 0.2) is 29.6 Å². The van der Waals surface area contributed by atoms with Crippen molar-refractivity contribution in [1.82, 2.24) is 30.7 Å². The quantitative estimate of drug-likeness (QED) is 0.0247. The Hall–Kier alpha value is -7.91. The summed E-state index contributed by atoms with van der Waals surface area (Å²) in [7, 11) is 7.69. The van der Waals surface area contributed by atoms with Crippen molar-refractivity contribution in [3.8, 4) is 44.9 Å². The molecule has 5 amide bonds. The van der Waals surface area contributed by atoms with Crippen LogP contribution < -0.4 is 44.4 Å². The van der Waals surface area contributed by atoms with Crippen LogP contribution in [0, 0.1) is 12.3 Å². The number of aryl methyl sites for hydroxylation is 2. The van der Waals surface area contributed by atoms with Gasteiger partial charge in [-0.25, -0.2) is 9.78 Å². The number of carbonyl (C=O) groups excluding carboxylic acids is 6. The second-order valence-corrected chi connectivity index (χ2v) is 24.7. The van der Waals surface area contributed by atoms with E-state index in [1.165, 1.54) is 26.2 Å². The maximum Gasteiger partial charge on any atom is 0.329 e. The number of ether oxygens (including phenoxy) is 7. The van der Waals surface area contributed by atoms with Gasteiger partial charge in [-0.05, 0) is 123 Å². The van der Waals surface area contributed by atoms with Crippen LogP contribution in [0.3, 0.4) is 0 Å². The summed E-state index contributed by atoms with van der Waals surface area (Å²) in [6, 6.07) is 21.1. The zero-order chi connectivity index (χ0) is 64.4. The largest absolute Gasteiger partial charge is 0.493 e. The van der Waals surface area contributed by atoms with Crippen molar-refractivity contribution in [3.05, 3.63) is 112 Å². The Balaban J connectivity index is 0.912. The van der Waals surface area contributed by atoms with Crippen LogP contribution in [-0.2, 0) is 39.9 Å². The highest BCUT2D eigenvalue weighted by molar-refractivity contribution is 7.13. The molecule has 7 atom stereocenters. The molecule has 4 aromatic carbocycles. The Morgan fingerprint density at radius 1 is 0.742 bits per heavy atom. The Morgan fingerprint density at radius 2 is 1.44 bits per heavy atom. The summed E-state index contributed by atoms with van der Waals surface area (Å²) < 4.78 is 40.5. The number of benzene rings is 4. The van der Waals surface area contributed by atoms with Gasteiger partial charge in [-0.2, -0.15) is 0 Å². The number of nitrogens with one attached hydrogen (secondary N) is 3. The minimum atomic E-state index is -0.947. The van der Waals surface area contributed by atoms with Crippen molar-refractivity contribution in [2.75, 3.05) is 61.8 Å². The smallest absolute Gasteiger partial charge is 0.329 e. The first-order valence-electron chi connectivity index (χ1n) is 30.8. The molecule has 21 heteroatoms. The van der Waals surface area contributed by atoms with E-state index in [2.05, 4.69) is 20.9 Å². The average Bonchev–Trinajstić information content (AvgIpc) is 2.23. The zero-order valence-corrected chi connectivity index (χ0v) is 54.3. The first-order chi connectivity index (χ1) is 42.7. The number of aromatic nitrogens is 1. The fraction of sp³-hybridized carbons (Fsp3) is 0.515. The molecular formula is C68H90N6O14S. The van der Waals surface area contributed by atoms with Crippen molar-refractivity contribution >= 4 is 46.8 Å². The van der Waals surface area contributed by atoms with Crippen molar-refractivity contribution in [2.24, 2.45) is 5.41 Å². The summed E-state index contributed by atoms with van der Waals surface area (Å²) >= 11 is 1.57. The van der Waals surface area contributed by atoms with Gasteiger partial charge in [0.1, 0.15) is 30.0 Å². The van der Waals surface area contributed by atoms with E-state index < -0.39 is 53.5 Å². The van der Waals surface area contributed by atoms with Crippen LogP contribution in [0.15, 0.2) is 84.4 Å². The Morgan fingerprint density at radius 3 is 2.09 bits per heavy atom. The predicted molar refractivity (Wildman–Crippen MR) is 340 cm³/mol. The summed E-state index contributed by atoms with van der Waals surface area (Å²) in [5, 5.41) is 19.7. The number of aliphatic hydroxyl groups excluding tert-OH is 1. The first kappa shape index (κ1) is 68.6. The number of rotatable bonds is 30. The number of amides is 5. The molecule has 2 fully saturated rings. The predicted octanol–water partition coefficient (Wildman–Crippen LogP) is 9.77. The lowest BCUT2D eigenvalue weighted by atomic mass is 9.85. The van der Waals surface area contributed by atoms with Crippen molar-refractivity contribution < 1.29 is 67.0 Å². The number of β-amino-alcohol motifs (C(OH)–C–C–N with tert-alkyl or cyclic N) is 1. The molecule has 89 heavy (non-hydrogen) atoms. The van der Waals surface area contributed by atoms with Crippen LogP contribution in [0.2, 0.25) is 0 Å². The lowest BCUT2D eigenvalue weighted by molar-refractivity contribution is -0.162. The van der Waals surface area contributed by atoms with E-state index in [0.29, 0.717) is 104 Å². The normalized spacial score (nSPS) is 17.1. The third-order valence-electron chi connectivity index (χ3n) is 16.6. The highest BCUT2D eigenvalue weighted by Gasteiger charge is 2.45. The highest BCUT2D eigenvalue weighted by Crippen LogP contribution is 2.42. The number of likely N-dealkylation sites (tertiary alicyclic amines) is 2. The number of methoxy groups -OCH3 is 5. The Bertz CT molecular complexity index is 3180. The summed E-state index contributed by atoms with van der Waals surface area (Å²) in [4.78, 5) is 92.6. The number of carbonyl (C=O) groups is 6. The highest BCUT2D eigenvalue weighted by atomic mass is 32.1. The molecule has 5 aromatic rings. The Labute approximate surface area is 527 Å². The van der Waals surface area contributed by atoms with Crippen LogP contribution in [0.4, 0.5) is 0 Å². The molecule has 7 rings (SSSR count). The van der Waals surface area contributed by atoms with E-state index in [9.17, 15) is 33.9 Å². The minimum absolute atomic E-state index is 0.0280. The second-order valence-electron chi connectivity index (χ2n) is 23.8. The van der Waals surface area contributed by atoms with E-state index in [4.69, 9.17) is 33.2 Å². The molecular weight excluding hydrogens is 1160 g/mol. The van der Waals surface area contributed by atoms with Crippen molar-refractivity contribution in [2.45, 2.75) is 161 Å². The number of esters is 1. The van der Waals surface area contributed by atoms with E-state index in [-0.39, 0.29) is 55.7 Å². The molecule has 2 saturated heterocycles. The number of aliphatic hydroxyl groups is 1. The number of thiazole rings is 1. The van der Waals surface area contributed by atoms with Gasteiger partial charge < -0.3 is 64.0 Å². The van der Waals surface area contributed by atoms with E-state index in [1.54, 1.807) is 54.7 Å². The number of nitrogens with zero attached hydrogens (tertiary/aromatic N) is 3. The SMILES string of the molecule is CC[C@H](C(=O)N1CCCC[C@H]1C(=O)O[C@H](CCc1ccc(OC)c(OC)c1)c1ccccc1OCC(=O)NCCCCCCC(=O)N[C@H](C(=O)N1C[C@@H](O)C[C@@H]1C(=O)N[C@@H](C)c1ccc(-c2scnc2C)cc1)C(C)(C)C)c1cc(OC)c(OC)c(OC)c1. The molecule has 0 aliphatic carbocycles. The van der Waals surface area contributed by atoms with Crippen molar-refractivity contribution in [3.63, 3.8) is 0 Å². The molecule has 0 radical (unpaired) electrons. The van der Waals surface area contributed by atoms with Gasteiger partial charge in [0.25, 0.3) is 5.91 Å². The number of hydrogen-bond donors (Lipinski definition) is 4. The summed E-state index contributed by atoms with van der Waals surface area (Å²) in [6.07, 6.45) is 4.18. The lowest BCUT2D eigenvalue weighted by Gasteiger charge is -2.37. The lowest BCUT2D eigenvalue weighted by Crippen LogP contribution is -2.57. The summed E-state index contributed by atoms with van der Waals surface area (Å²) in [6.45, 7) is 11.7. The standard InChI is InChI=1S/C68H90N6O14S/c1-12-49(47-36-57(84-9)61(86-11)58(37-47)85-10)65(79)73-34-20-18-22-51(73)67(81)88-54(31-25-44-26-32-55(82-7)56(35-44)83-8)50-21-16-17-23-53(50)87-40-60(77)69-33-19-14-13-15-24-59(76)72-63(68(4,5)6)66(80)74-39-48(75)38-52(74)64(78)71-42(2)45-27-29-46(30-28-45)62-43(3)70-41-89-62/h16-17,21,23,26-30,32,35-37,41-42,48-49,51-52,54,63,75H,12-15,18-20,22,24-25,31,33-34,38-40H2,1-11H3,(H,69,77)(H,71,78)(H,72,76)/t42-,48-,49-,51-,52+,54+,63+/m0/s1.